The molecule has 1 rings (SSSR count). The van der Waals surface area contributed by atoms with E-state index >= 15 is 0 Å². The maximum Gasteiger partial charge on any atom is 0.388 e. The third-order valence-electron chi connectivity index (χ3n) is 1.16. The lowest BCUT2D eigenvalue weighted by atomic mass is 10.3. The van der Waals surface area contributed by atoms with Crippen LogP contribution in [0.15, 0.2) is 16.7 Å². The largest absolute Gasteiger partial charge is 0.417 e. The van der Waals surface area contributed by atoms with Crippen LogP contribution in [0.3, 0.4) is 0 Å². The summed E-state index contributed by atoms with van der Waals surface area (Å²) in [5.41, 5.74) is 0.200. The van der Waals surface area contributed by atoms with Gasteiger partial charge in [0.05, 0.1) is 10.0 Å². The summed E-state index contributed by atoms with van der Waals surface area (Å²) in [7, 11) is 0. The Bertz CT molecular complexity index is 351. The molecule has 0 aliphatic heterocycles. The van der Waals surface area contributed by atoms with Crippen LogP contribution in [0.25, 0.3) is 0 Å². The number of pyridine rings is 1. The summed E-state index contributed by atoms with van der Waals surface area (Å²) in [6.45, 7) is -2.93. The first-order valence-electron chi connectivity index (χ1n) is 3.14. The molecule has 0 saturated heterocycles. The van der Waals surface area contributed by atoms with E-state index in [4.69, 9.17) is 5.26 Å². The molecule has 0 unspecified atom stereocenters. The summed E-state index contributed by atoms with van der Waals surface area (Å²) in [6, 6.07) is 2.93. The molecular weight excluding hydrogens is 246 g/mol. The van der Waals surface area contributed by atoms with E-state index in [9.17, 15) is 8.78 Å². The second-order valence-corrected chi connectivity index (χ2v) is 2.85. The predicted octanol–water partition coefficient (Wildman–Crippen LogP) is 2.32. The number of aromatic nitrogens is 1. The Morgan fingerprint density at radius 1 is 1.62 bits per heavy atom. The Morgan fingerprint density at radius 2 is 2.31 bits per heavy atom. The van der Waals surface area contributed by atoms with Gasteiger partial charge in [-0.25, -0.2) is 4.98 Å². The molecule has 0 radical (unpaired) electrons. The van der Waals surface area contributed by atoms with Crippen molar-refractivity contribution in [1.82, 2.24) is 4.98 Å². The van der Waals surface area contributed by atoms with Gasteiger partial charge < -0.3 is 4.74 Å². The third-order valence-corrected chi connectivity index (χ3v) is 1.79. The van der Waals surface area contributed by atoms with Crippen molar-refractivity contribution in [2.75, 3.05) is 0 Å². The Balaban J connectivity index is 2.95. The molecule has 1 aromatic rings. The van der Waals surface area contributed by atoms with Crippen LogP contribution < -0.4 is 4.74 Å². The first kappa shape index (κ1) is 9.86. The van der Waals surface area contributed by atoms with Gasteiger partial charge >= 0.3 is 6.61 Å². The van der Waals surface area contributed by atoms with Crippen LogP contribution in [0.1, 0.15) is 5.56 Å². The zero-order valence-corrected chi connectivity index (χ0v) is 7.75. The molecule has 0 aromatic carbocycles. The third kappa shape index (κ3) is 2.63. The quantitative estimate of drug-likeness (QED) is 0.807. The van der Waals surface area contributed by atoms with Crippen LogP contribution >= 0.6 is 15.9 Å². The molecule has 13 heavy (non-hydrogen) atoms. The van der Waals surface area contributed by atoms with Gasteiger partial charge in [0.15, 0.2) is 0 Å². The molecule has 68 valence electrons. The van der Waals surface area contributed by atoms with Gasteiger partial charge in [0.2, 0.25) is 5.88 Å². The monoisotopic (exact) mass is 248 g/mol. The minimum absolute atomic E-state index is 0.200. The first-order chi connectivity index (χ1) is 6.13. The van der Waals surface area contributed by atoms with Crippen LogP contribution in [0.5, 0.6) is 5.88 Å². The van der Waals surface area contributed by atoms with E-state index in [-0.39, 0.29) is 11.4 Å². The molecule has 0 fully saturated rings. The van der Waals surface area contributed by atoms with Gasteiger partial charge in [0.1, 0.15) is 6.07 Å². The van der Waals surface area contributed by atoms with Gasteiger partial charge in [-0.3, -0.25) is 0 Å². The van der Waals surface area contributed by atoms with Gasteiger partial charge in [0.25, 0.3) is 0 Å². The van der Waals surface area contributed by atoms with Gasteiger partial charge in [-0.05, 0) is 15.9 Å². The molecule has 0 aliphatic carbocycles. The molecule has 0 atom stereocenters. The molecule has 3 nitrogen and oxygen atoms in total. The molecule has 0 saturated carbocycles. The number of hydrogen-bond acceptors (Lipinski definition) is 3. The second-order valence-electron chi connectivity index (χ2n) is 1.99. The van der Waals surface area contributed by atoms with E-state index in [2.05, 4.69) is 25.7 Å². The standard InChI is InChI=1S/C7H3BrF2N2O/c8-5-3-12-6(13-7(9)10)1-4(5)2-11/h1,3,7H. The number of nitrogens with zero attached hydrogens (tertiary/aromatic N) is 2. The summed E-state index contributed by atoms with van der Waals surface area (Å²) in [4.78, 5) is 3.53. The molecule has 6 heteroatoms. The average Bonchev–Trinajstić information content (AvgIpc) is 2.07. The fraction of sp³-hybridized carbons (Fsp3) is 0.143. The van der Waals surface area contributed by atoms with Gasteiger partial charge in [0, 0.05) is 12.3 Å². The highest BCUT2D eigenvalue weighted by Crippen LogP contribution is 2.19. The lowest BCUT2D eigenvalue weighted by Gasteiger charge is -2.03. The van der Waals surface area contributed by atoms with Crippen LogP contribution in [0, 0.1) is 11.3 Å². The molecule has 1 heterocycles. The highest BCUT2D eigenvalue weighted by Gasteiger charge is 2.07. The van der Waals surface area contributed by atoms with E-state index in [1.807, 2.05) is 0 Å². The summed E-state index contributed by atoms with van der Waals surface area (Å²) >= 11 is 3.03. The number of rotatable bonds is 2. The summed E-state index contributed by atoms with van der Waals surface area (Å²) < 4.78 is 27.8. The summed E-state index contributed by atoms with van der Waals surface area (Å²) in [6.07, 6.45) is 1.23. The van der Waals surface area contributed by atoms with E-state index in [0.717, 1.165) is 6.07 Å². The maximum atomic E-state index is 11.7. The zero-order chi connectivity index (χ0) is 9.84. The fourth-order valence-corrected chi connectivity index (χ4v) is 0.966. The number of alkyl halides is 2. The van der Waals surface area contributed by atoms with Crippen molar-refractivity contribution in [2.24, 2.45) is 0 Å². The van der Waals surface area contributed by atoms with Crippen molar-refractivity contribution in [2.45, 2.75) is 6.61 Å². The first-order valence-corrected chi connectivity index (χ1v) is 3.93. The Kier molecular flexibility index (Phi) is 3.14. The van der Waals surface area contributed by atoms with Gasteiger partial charge in [-0.15, -0.1) is 0 Å². The number of halogens is 3. The smallest absolute Gasteiger partial charge is 0.388 e. The Hall–Kier alpha value is -1.22. The molecule has 0 amide bonds. The molecule has 1 aromatic heterocycles. The van der Waals surface area contributed by atoms with Crippen molar-refractivity contribution in [3.05, 3.63) is 22.3 Å². The lowest BCUT2D eigenvalue weighted by Crippen LogP contribution is -2.03. The predicted molar refractivity (Wildman–Crippen MR) is 43.3 cm³/mol. The van der Waals surface area contributed by atoms with Crippen LogP contribution in [0.4, 0.5) is 8.78 Å². The fourth-order valence-electron chi connectivity index (χ4n) is 0.661. The van der Waals surface area contributed by atoms with E-state index < -0.39 is 6.61 Å². The molecule has 0 spiro atoms. The van der Waals surface area contributed by atoms with Gasteiger partial charge in [-0.2, -0.15) is 14.0 Å². The summed E-state index contributed by atoms with van der Waals surface area (Å²) in [5, 5.41) is 8.53. The maximum absolute atomic E-state index is 11.7. The van der Waals surface area contributed by atoms with Crippen molar-refractivity contribution >= 4 is 15.9 Å². The number of hydrogen-bond donors (Lipinski definition) is 0. The van der Waals surface area contributed by atoms with Crippen molar-refractivity contribution < 1.29 is 13.5 Å². The minimum Gasteiger partial charge on any atom is -0.417 e. The molecular formula is C7H3BrF2N2O. The second kappa shape index (κ2) is 4.14. The Labute approximate surface area is 81.1 Å². The highest BCUT2D eigenvalue weighted by molar-refractivity contribution is 9.10. The Morgan fingerprint density at radius 3 is 2.85 bits per heavy atom. The molecule has 0 aliphatic rings. The van der Waals surface area contributed by atoms with Crippen molar-refractivity contribution in [3.63, 3.8) is 0 Å². The van der Waals surface area contributed by atoms with E-state index in [1.165, 1.54) is 6.20 Å². The van der Waals surface area contributed by atoms with Crippen LogP contribution in [0.2, 0.25) is 0 Å². The average molecular weight is 249 g/mol. The topological polar surface area (TPSA) is 45.9 Å². The summed E-state index contributed by atoms with van der Waals surface area (Å²) in [5.74, 6) is -0.269. The molecule has 0 bridgehead atoms. The minimum atomic E-state index is -2.93. The number of nitriles is 1. The molecule has 0 N–H and O–H groups in total. The van der Waals surface area contributed by atoms with Crippen LogP contribution in [-0.4, -0.2) is 11.6 Å². The van der Waals surface area contributed by atoms with Crippen molar-refractivity contribution in [3.8, 4) is 11.9 Å². The highest BCUT2D eigenvalue weighted by atomic mass is 79.9. The van der Waals surface area contributed by atoms with E-state index in [0.29, 0.717) is 4.47 Å². The van der Waals surface area contributed by atoms with Crippen LogP contribution in [-0.2, 0) is 0 Å². The lowest BCUT2D eigenvalue weighted by molar-refractivity contribution is -0.0528. The van der Waals surface area contributed by atoms with Gasteiger partial charge in [-0.1, -0.05) is 0 Å². The van der Waals surface area contributed by atoms with Crippen molar-refractivity contribution in [1.29, 1.82) is 5.26 Å². The van der Waals surface area contributed by atoms with E-state index in [1.54, 1.807) is 6.07 Å². The SMILES string of the molecule is N#Cc1cc(OC(F)F)ncc1Br. The number of ether oxygens (including phenoxy) is 1. The normalized spacial score (nSPS) is 9.77. The zero-order valence-electron chi connectivity index (χ0n) is 6.17.